The van der Waals surface area contributed by atoms with Crippen molar-refractivity contribution in [1.82, 2.24) is 9.47 Å². The third kappa shape index (κ3) is 3.61. The number of primary amides is 1. The molecule has 2 aromatic carbocycles. The fourth-order valence-electron chi connectivity index (χ4n) is 5.49. The van der Waals surface area contributed by atoms with Gasteiger partial charge in [-0.3, -0.25) is 9.69 Å². The first-order valence-corrected chi connectivity index (χ1v) is 10.6. The zero-order valence-electron chi connectivity index (χ0n) is 17.0. The van der Waals surface area contributed by atoms with Gasteiger partial charge in [0.05, 0.1) is 0 Å². The summed E-state index contributed by atoms with van der Waals surface area (Å²) in [6.07, 6.45) is -1.14. The molecule has 2 atom stereocenters. The number of aromatic nitrogens is 1. The summed E-state index contributed by atoms with van der Waals surface area (Å²) >= 11 is 0. The molecule has 1 amide bonds. The Bertz CT molecular complexity index is 1110. The van der Waals surface area contributed by atoms with E-state index in [-0.39, 0.29) is 23.7 Å². The number of nitrogens with zero attached hydrogens (tertiary/aromatic N) is 2. The first-order valence-electron chi connectivity index (χ1n) is 10.6. The molecule has 7 heteroatoms. The van der Waals surface area contributed by atoms with Crippen molar-refractivity contribution in [3.63, 3.8) is 0 Å². The van der Waals surface area contributed by atoms with E-state index in [4.69, 9.17) is 5.73 Å². The normalized spacial score (nSPS) is 24.0. The van der Waals surface area contributed by atoms with Gasteiger partial charge in [0.2, 0.25) is 5.91 Å². The molecule has 3 heterocycles. The maximum absolute atomic E-state index is 14.0. The Morgan fingerprint density at radius 3 is 2.26 bits per heavy atom. The Hall–Kier alpha value is -2.80. The number of alkyl halides is 3. The molecule has 2 saturated heterocycles. The first-order chi connectivity index (χ1) is 14.8. The van der Waals surface area contributed by atoms with Crippen molar-refractivity contribution >= 4 is 16.8 Å². The summed E-state index contributed by atoms with van der Waals surface area (Å²) in [5.74, 6) is -0.638. The number of hydrogen-bond donors (Lipinski definition) is 1. The van der Waals surface area contributed by atoms with Gasteiger partial charge < -0.3 is 10.3 Å². The van der Waals surface area contributed by atoms with Gasteiger partial charge in [-0.2, -0.15) is 13.2 Å². The molecule has 1 aromatic heterocycles. The highest BCUT2D eigenvalue weighted by molar-refractivity contribution is 5.97. The van der Waals surface area contributed by atoms with Crippen LogP contribution in [0.15, 0.2) is 54.6 Å². The molecule has 5 rings (SSSR count). The van der Waals surface area contributed by atoms with Crippen LogP contribution in [0, 0.1) is 0 Å². The van der Waals surface area contributed by atoms with E-state index in [1.807, 2.05) is 18.2 Å². The molecule has 2 aliphatic heterocycles. The standard InChI is InChI=1S/C24H24F3N3O/c25-24(26,27)22-11-16-6-7-17(23(28)31)10-21(16)30(22)20-12-18-8-9-19(13-20)29(18)14-15-4-2-1-3-5-15/h1-7,10-11,18-20H,8-9,12-14H2,(H2,28,31). The monoisotopic (exact) mass is 427 g/mol. The van der Waals surface area contributed by atoms with Crippen molar-refractivity contribution in [3.8, 4) is 0 Å². The van der Waals surface area contributed by atoms with Gasteiger partial charge in [0.25, 0.3) is 0 Å². The van der Waals surface area contributed by atoms with Crippen molar-refractivity contribution in [2.45, 2.75) is 56.5 Å². The lowest BCUT2D eigenvalue weighted by atomic mass is 9.95. The molecule has 2 bridgehead atoms. The summed E-state index contributed by atoms with van der Waals surface area (Å²) in [6, 6.07) is 16.2. The van der Waals surface area contributed by atoms with E-state index in [1.165, 1.54) is 28.3 Å². The van der Waals surface area contributed by atoms with Gasteiger partial charge in [-0.05, 0) is 49.4 Å². The van der Waals surface area contributed by atoms with Crippen molar-refractivity contribution in [3.05, 3.63) is 71.4 Å². The molecule has 3 aromatic rings. The maximum atomic E-state index is 14.0. The molecule has 2 fully saturated rings. The van der Waals surface area contributed by atoms with Crippen molar-refractivity contribution in [2.75, 3.05) is 0 Å². The van der Waals surface area contributed by atoms with E-state index in [1.54, 1.807) is 6.07 Å². The molecule has 4 nitrogen and oxygen atoms in total. The second kappa shape index (κ2) is 7.41. The van der Waals surface area contributed by atoms with Gasteiger partial charge in [0.1, 0.15) is 5.69 Å². The number of nitrogens with two attached hydrogens (primary N) is 1. The van der Waals surface area contributed by atoms with Crippen LogP contribution >= 0.6 is 0 Å². The van der Waals surface area contributed by atoms with E-state index in [0.29, 0.717) is 23.7 Å². The molecule has 162 valence electrons. The fraction of sp³-hybridized carbons (Fsp3) is 0.375. The third-order valence-electron chi connectivity index (χ3n) is 6.85. The Labute approximate surface area is 178 Å². The molecular weight excluding hydrogens is 403 g/mol. The van der Waals surface area contributed by atoms with Crippen LogP contribution in [-0.2, 0) is 12.7 Å². The van der Waals surface area contributed by atoms with Gasteiger partial charge in [-0.25, -0.2) is 0 Å². The van der Waals surface area contributed by atoms with Crippen LogP contribution in [0.4, 0.5) is 13.2 Å². The highest BCUT2D eigenvalue weighted by Crippen LogP contribution is 2.45. The third-order valence-corrected chi connectivity index (χ3v) is 6.85. The van der Waals surface area contributed by atoms with Crippen LogP contribution in [0.1, 0.15) is 53.3 Å². The highest BCUT2D eigenvalue weighted by atomic mass is 19.4. The Morgan fingerprint density at radius 2 is 1.65 bits per heavy atom. The zero-order valence-corrected chi connectivity index (χ0v) is 17.0. The van der Waals surface area contributed by atoms with Crippen LogP contribution in [0.3, 0.4) is 0 Å². The lowest BCUT2D eigenvalue weighted by molar-refractivity contribution is -0.144. The Kier molecular flexibility index (Phi) is 4.81. The number of piperidine rings is 1. The molecule has 2 unspecified atom stereocenters. The summed E-state index contributed by atoms with van der Waals surface area (Å²) in [5.41, 5.74) is 6.64. The number of hydrogen-bond acceptors (Lipinski definition) is 2. The molecular formula is C24H24F3N3O. The predicted octanol–water partition coefficient (Wildman–Crippen LogP) is 5.13. The maximum Gasteiger partial charge on any atom is 0.431 e. The van der Waals surface area contributed by atoms with Gasteiger partial charge >= 0.3 is 6.18 Å². The summed E-state index contributed by atoms with van der Waals surface area (Å²) in [6.45, 7) is 0.827. The van der Waals surface area contributed by atoms with Crippen LogP contribution in [0.25, 0.3) is 10.9 Å². The van der Waals surface area contributed by atoms with E-state index in [9.17, 15) is 18.0 Å². The number of carbonyl (C=O) groups is 1. The quantitative estimate of drug-likeness (QED) is 0.628. The first kappa shape index (κ1) is 20.1. The zero-order chi connectivity index (χ0) is 21.8. The molecule has 2 N–H and O–H groups in total. The lowest BCUT2D eigenvalue weighted by Gasteiger charge is -2.40. The van der Waals surface area contributed by atoms with Crippen molar-refractivity contribution in [1.29, 1.82) is 0 Å². The smallest absolute Gasteiger partial charge is 0.366 e. The minimum atomic E-state index is -4.47. The predicted molar refractivity (Wildman–Crippen MR) is 113 cm³/mol. The number of benzene rings is 2. The Morgan fingerprint density at radius 1 is 0.968 bits per heavy atom. The fourth-order valence-corrected chi connectivity index (χ4v) is 5.49. The molecule has 0 spiro atoms. The molecule has 0 saturated carbocycles. The topological polar surface area (TPSA) is 51.3 Å². The van der Waals surface area contributed by atoms with Crippen LogP contribution in [-0.4, -0.2) is 27.5 Å². The minimum Gasteiger partial charge on any atom is -0.366 e. The van der Waals surface area contributed by atoms with Gasteiger partial charge in [0, 0.05) is 41.1 Å². The number of amides is 1. The lowest BCUT2D eigenvalue weighted by Crippen LogP contribution is -2.43. The average Bonchev–Trinajstić information content (AvgIpc) is 3.22. The van der Waals surface area contributed by atoms with Gasteiger partial charge in [-0.15, -0.1) is 0 Å². The van der Waals surface area contributed by atoms with Crippen LogP contribution < -0.4 is 5.73 Å². The van der Waals surface area contributed by atoms with Crippen LogP contribution in [0.2, 0.25) is 0 Å². The molecule has 0 radical (unpaired) electrons. The second-order valence-corrected chi connectivity index (χ2v) is 8.70. The van der Waals surface area contributed by atoms with E-state index >= 15 is 0 Å². The largest absolute Gasteiger partial charge is 0.431 e. The van der Waals surface area contributed by atoms with E-state index in [0.717, 1.165) is 19.4 Å². The highest BCUT2D eigenvalue weighted by Gasteiger charge is 2.44. The van der Waals surface area contributed by atoms with Gasteiger partial charge in [0.15, 0.2) is 0 Å². The minimum absolute atomic E-state index is 0.227. The number of rotatable bonds is 4. The second-order valence-electron chi connectivity index (χ2n) is 8.70. The van der Waals surface area contributed by atoms with Gasteiger partial charge in [-0.1, -0.05) is 36.4 Å². The van der Waals surface area contributed by atoms with Crippen molar-refractivity contribution in [2.24, 2.45) is 5.73 Å². The summed E-state index contributed by atoms with van der Waals surface area (Å²) in [4.78, 5) is 14.1. The van der Waals surface area contributed by atoms with Crippen molar-refractivity contribution < 1.29 is 18.0 Å². The molecule has 0 aliphatic carbocycles. The number of halogens is 3. The molecule has 2 aliphatic rings. The SMILES string of the molecule is NC(=O)c1ccc2cc(C(F)(F)F)n(C3CC4CCC(C3)N4Cc3ccccc3)c2c1. The summed E-state index contributed by atoms with van der Waals surface area (Å²) in [7, 11) is 0. The number of fused-ring (bicyclic) bond motifs is 3. The van der Waals surface area contributed by atoms with E-state index < -0.39 is 17.8 Å². The number of carbonyl (C=O) groups excluding carboxylic acids is 1. The molecule has 31 heavy (non-hydrogen) atoms. The van der Waals surface area contributed by atoms with Crippen LogP contribution in [0.5, 0.6) is 0 Å². The summed E-state index contributed by atoms with van der Waals surface area (Å²) in [5, 5.41) is 0.483. The van der Waals surface area contributed by atoms with E-state index in [2.05, 4.69) is 17.0 Å². The average molecular weight is 427 g/mol. The Balaban J connectivity index is 1.51. The summed E-state index contributed by atoms with van der Waals surface area (Å²) < 4.78 is 43.3.